The molecule has 0 radical (unpaired) electrons. The number of hydrogen-bond donors (Lipinski definition) is 2. The number of halogens is 1. The van der Waals surface area contributed by atoms with E-state index in [1.54, 1.807) is 25.1 Å². The van der Waals surface area contributed by atoms with Crippen molar-refractivity contribution < 1.29 is 9.53 Å². The van der Waals surface area contributed by atoms with Gasteiger partial charge in [-0.3, -0.25) is 0 Å². The van der Waals surface area contributed by atoms with Gasteiger partial charge in [0.1, 0.15) is 0 Å². The third-order valence-electron chi connectivity index (χ3n) is 4.93. The average Bonchev–Trinajstić information content (AvgIpc) is 3.00. The summed E-state index contributed by atoms with van der Waals surface area (Å²) >= 11 is 11.6. The summed E-state index contributed by atoms with van der Waals surface area (Å²) in [5, 5.41) is 7.19. The lowest BCUT2D eigenvalue weighted by molar-refractivity contribution is 0.0526. The summed E-state index contributed by atoms with van der Waals surface area (Å²) < 4.78 is 4.98. The van der Waals surface area contributed by atoms with Crippen molar-refractivity contribution >= 4 is 46.3 Å². The maximum atomic E-state index is 11.8. The van der Waals surface area contributed by atoms with Crippen molar-refractivity contribution in [3.05, 3.63) is 58.6 Å². The lowest BCUT2D eigenvalue weighted by atomic mass is 10.1. The molecule has 0 amide bonds. The minimum absolute atomic E-state index is 0.310. The van der Waals surface area contributed by atoms with E-state index in [-0.39, 0.29) is 0 Å². The second kappa shape index (κ2) is 9.94. The molecule has 0 spiro atoms. The zero-order chi connectivity index (χ0) is 20.8. The van der Waals surface area contributed by atoms with Gasteiger partial charge in [0, 0.05) is 30.5 Å². The molecule has 1 aliphatic heterocycles. The van der Waals surface area contributed by atoms with E-state index in [4.69, 9.17) is 28.6 Å². The first-order valence-corrected chi connectivity index (χ1v) is 10.6. The molecule has 154 valence electrons. The Hall–Kier alpha value is -2.31. The first kappa shape index (κ1) is 21.4. The fourth-order valence-electron chi connectivity index (χ4n) is 3.56. The van der Waals surface area contributed by atoms with E-state index in [0.717, 1.165) is 31.6 Å². The topological polar surface area (TPSA) is 53.6 Å². The van der Waals surface area contributed by atoms with Crippen LogP contribution in [0.1, 0.15) is 36.2 Å². The smallest absolute Gasteiger partial charge is 0.339 e. The number of fused-ring (bicyclic) bond motifs is 1. The van der Waals surface area contributed by atoms with Crippen molar-refractivity contribution in [3.63, 3.8) is 0 Å². The third-order valence-corrected chi connectivity index (χ3v) is 5.49. The van der Waals surface area contributed by atoms with Gasteiger partial charge in [-0.05, 0) is 68.7 Å². The second-order valence-electron chi connectivity index (χ2n) is 7.02. The van der Waals surface area contributed by atoms with Crippen molar-refractivity contribution in [1.82, 2.24) is 5.32 Å². The van der Waals surface area contributed by atoms with Crippen LogP contribution in [-0.2, 0) is 11.2 Å². The Labute approximate surface area is 182 Å². The molecular weight excluding hydrogens is 406 g/mol. The molecule has 0 saturated carbocycles. The van der Waals surface area contributed by atoms with E-state index < -0.39 is 5.97 Å². The fraction of sp³-hybridized carbons (Fsp3) is 0.364. The summed E-state index contributed by atoms with van der Waals surface area (Å²) in [4.78, 5) is 14.3. The van der Waals surface area contributed by atoms with Gasteiger partial charge in [0.15, 0.2) is 5.11 Å². The molecule has 1 unspecified atom stereocenters. The largest absolute Gasteiger partial charge is 0.462 e. The molecule has 5 nitrogen and oxygen atoms in total. The quantitative estimate of drug-likeness (QED) is 0.378. The van der Waals surface area contributed by atoms with E-state index >= 15 is 0 Å². The highest BCUT2D eigenvalue weighted by atomic mass is 35.5. The predicted octanol–water partition coefficient (Wildman–Crippen LogP) is 4.64. The van der Waals surface area contributed by atoms with Crippen molar-refractivity contribution in [2.24, 2.45) is 0 Å². The zero-order valence-corrected chi connectivity index (χ0v) is 18.3. The van der Waals surface area contributed by atoms with Crippen LogP contribution in [-0.4, -0.2) is 36.8 Å². The fourth-order valence-corrected chi connectivity index (χ4v) is 4.04. The summed E-state index contributed by atoms with van der Waals surface area (Å²) in [6.45, 7) is 6.09. The van der Waals surface area contributed by atoms with E-state index in [1.807, 2.05) is 0 Å². The van der Waals surface area contributed by atoms with Gasteiger partial charge >= 0.3 is 5.97 Å². The summed E-state index contributed by atoms with van der Waals surface area (Å²) in [6.07, 6.45) is 2.08. The predicted molar refractivity (Wildman–Crippen MR) is 123 cm³/mol. The molecule has 3 rings (SSSR count). The van der Waals surface area contributed by atoms with Gasteiger partial charge in [-0.25, -0.2) is 4.79 Å². The van der Waals surface area contributed by atoms with Gasteiger partial charge in [-0.1, -0.05) is 29.8 Å². The van der Waals surface area contributed by atoms with Crippen LogP contribution < -0.4 is 15.5 Å². The molecule has 0 fully saturated rings. The lowest BCUT2D eigenvalue weighted by Crippen LogP contribution is -2.34. The standard InChI is InChI=1S/C22H26ClN3O2S/c1-3-28-21(27)18-10-9-17(14-19(18)23)25-22(29)24-11-6-12-26-15(2)13-16-7-4-5-8-20(16)26/h4-5,7-10,14-15H,3,6,11-13H2,1-2H3,(H2,24,25,29). The molecule has 0 bridgehead atoms. The lowest BCUT2D eigenvalue weighted by Gasteiger charge is -2.25. The molecule has 0 aliphatic carbocycles. The Morgan fingerprint density at radius 1 is 1.31 bits per heavy atom. The van der Waals surface area contributed by atoms with Crippen LogP contribution in [0.5, 0.6) is 0 Å². The van der Waals surface area contributed by atoms with E-state index in [1.165, 1.54) is 11.3 Å². The summed E-state index contributed by atoms with van der Waals surface area (Å²) in [6, 6.07) is 14.2. The van der Waals surface area contributed by atoms with Crippen molar-refractivity contribution in [2.75, 3.05) is 29.9 Å². The Balaban J connectivity index is 1.45. The minimum Gasteiger partial charge on any atom is -0.462 e. The van der Waals surface area contributed by atoms with Crippen LogP contribution in [0.25, 0.3) is 0 Å². The molecule has 2 aromatic carbocycles. The molecule has 1 atom stereocenters. The number of nitrogens with zero attached hydrogens (tertiary/aromatic N) is 1. The number of carbonyl (C=O) groups excluding carboxylic acids is 1. The maximum absolute atomic E-state index is 11.8. The highest BCUT2D eigenvalue weighted by molar-refractivity contribution is 7.80. The van der Waals surface area contributed by atoms with E-state index in [2.05, 4.69) is 46.7 Å². The van der Waals surface area contributed by atoms with Crippen LogP contribution in [0.15, 0.2) is 42.5 Å². The normalized spacial score (nSPS) is 15.0. The van der Waals surface area contributed by atoms with Gasteiger partial charge in [-0.15, -0.1) is 0 Å². The number of esters is 1. The van der Waals surface area contributed by atoms with Crippen LogP contribution >= 0.6 is 23.8 Å². The molecule has 1 heterocycles. The molecule has 29 heavy (non-hydrogen) atoms. The summed E-state index contributed by atoms with van der Waals surface area (Å²) in [7, 11) is 0. The Bertz CT molecular complexity index is 890. The molecule has 0 aromatic heterocycles. The monoisotopic (exact) mass is 431 g/mol. The first-order chi connectivity index (χ1) is 14.0. The van der Waals surface area contributed by atoms with Gasteiger partial charge in [0.05, 0.1) is 17.2 Å². The zero-order valence-electron chi connectivity index (χ0n) is 16.7. The molecule has 1 aliphatic rings. The number of hydrogen-bond acceptors (Lipinski definition) is 4. The Morgan fingerprint density at radius 2 is 2.10 bits per heavy atom. The first-order valence-electron chi connectivity index (χ1n) is 9.85. The Morgan fingerprint density at radius 3 is 2.86 bits per heavy atom. The number of benzene rings is 2. The third kappa shape index (κ3) is 5.40. The highest BCUT2D eigenvalue weighted by Gasteiger charge is 2.24. The summed E-state index contributed by atoms with van der Waals surface area (Å²) in [5.74, 6) is -0.428. The van der Waals surface area contributed by atoms with Gasteiger partial charge < -0.3 is 20.3 Å². The average molecular weight is 432 g/mol. The molecule has 2 aromatic rings. The number of thiocarbonyl (C=S) groups is 1. The number of ether oxygens (including phenoxy) is 1. The maximum Gasteiger partial charge on any atom is 0.339 e. The molecule has 0 saturated heterocycles. The van der Waals surface area contributed by atoms with Crippen LogP contribution in [0, 0.1) is 0 Å². The molecule has 7 heteroatoms. The van der Waals surface area contributed by atoms with Crippen LogP contribution in [0.3, 0.4) is 0 Å². The Kier molecular flexibility index (Phi) is 7.34. The molecule has 2 N–H and O–H groups in total. The number of para-hydroxylation sites is 1. The minimum atomic E-state index is -0.428. The second-order valence-corrected chi connectivity index (χ2v) is 7.84. The van der Waals surface area contributed by atoms with Gasteiger partial charge in [0.2, 0.25) is 0 Å². The van der Waals surface area contributed by atoms with Crippen molar-refractivity contribution in [1.29, 1.82) is 0 Å². The summed E-state index contributed by atoms with van der Waals surface area (Å²) in [5.41, 5.74) is 3.84. The number of rotatable bonds is 7. The van der Waals surface area contributed by atoms with Crippen LogP contribution in [0.2, 0.25) is 5.02 Å². The van der Waals surface area contributed by atoms with Crippen LogP contribution in [0.4, 0.5) is 11.4 Å². The highest BCUT2D eigenvalue weighted by Crippen LogP contribution is 2.31. The number of carbonyl (C=O) groups is 1. The van der Waals surface area contributed by atoms with Gasteiger partial charge in [-0.2, -0.15) is 0 Å². The van der Waals surface area contributed by atoms with Gasteiger partial charge in [0.25, 0.3) is 0 Å². The number of nitrogens with one attached hydrogen (secondary N) is 2. The number of anilines is 2. The van der Waals surface area contributed by atoms with Crippen molar-refractivity contribution in [2.45, 2.75) is 32.7 Å². The molecular formula is C22H26ClN3O2S. The van der Waals surface area contributed by atoms with E-state index in [9.17, 15) is 4.79 Å². The van der Waals surface area contributed by atoms with Crippen molar-refractivity contribution in [3.8, 4) is 0 Å². The van der Waals surface area contributed by atoms with E-state index in [0.29, 0.717) is 28.3 Å². The SMILES string of the molecule is CCOC(=O)c1ccc(NC(=S)NCCCN2c3ccccc3CC2C)cc1Cl.